The predicted molar refractivity (Wildman–Crippen MR) is 86.5 cm³/mol. The van der Waals surface area contributed by atoms with Gasteiger partial charge in [-0.3, -0.25) is 4.72 Å². The van der Waals surface area contributed by atoms with Crippen LogP contribution in [0.15, 0.2) is 41.3 Å². The zero-order valence-corrected chi connectivity index (χ0v) is 14.0. The van der Waals surface area contributed by atoms with Crippen molar-refractivity contribution in [2.75, 3.05) is 18.9 Å². The van der Waals surface area contributed by atoms with E-state index >= 15 is 0 Å². The van der Waals surface area contributed by atoms with E-state index in [1.54, 1.807) is 31.2 Å². The molecule has 0 saturated heterocycles. The highest BCUT2D eigenvalue weighted by atomic mass is 35.5. The fraction of sp³-hybridized carbons (Fsp3) is 0.200. The minimum absolute atomic E-state index is 0.132. The van der Waals surface area contributed by atoms with Gasteiger partial charge < -0.3 is 9.47 Å². The van der Waals surface area contributed by atoms with Gasteiger partial charge in [-0.1, -0.05) is 11.6 Å². The maximum Gasteiger partial charge on any atom is 0.262 e. The van der Waals surface area contributed by atoms with E-state index in [0.717, 1.165) is 0 Å². The van der Waals surface area contributed by atoms with Crippen LogP contribution in [0.2, 0.25) is 5.02 Å². The molecule has 118 valence electrons. The van der Waals surface area contributed by atoms with Gasteiger partial charge in [0.2, 0.25) is 0 Å². The van der Waals surface area contributed by atoms with E-state index in [2.05, 4.69) is 4.72 Å². The fourth-order valence-corrected chi connectivity index (χ4v) is 3.14. The number of aryl methyl sites for hydroxylation is 1. The molecule has 0 unspecified atom stereocenters. The third-order valence-electron chi connectivity index (χ3n) is 3.09. The molecule has 0 aliphatic carbocycles. The Morgan fingerprint density at radius 2 is 1.77 bits per heavy atom. The summed E-state index contributed by atoms with van der Waals surface area (Å²) in [6.07, 6.45) is 0. The normalized spacial score (nSPS) is 11.1. The fourth-order valence-electron chi connectivity index (χ4n) is 1.87. The van der Waals surface area contributed by atoms with Crippen molar-refractivity contribution in [3.63, 3.8) is 0 Å². The van der Waals surface area contributed by atoms with E-state index in [0.29, 0.717) is 27.8 Å². The van der Waals surface area contributed by atoms with Crippen LogP contribution in [0, 0.1) is 6.92 Å². The molecular formula is C15H16ClNO4S. The van der Waals surface area contributed by atoms with Crippen LogP contribution in [0.1, 0.15) is 5.56 Å². The number of hydrogen-bond donors (Lipinski definition) is 1. The van der Waals surface area contributed by atoms with Gasteiger partial charge in [0.15, 0.2) is 0 Å². The van der Waals surface area contributed by atoms with Crippen LogP contribution in [0.5, 0.6) is 11.5 Å². The van der Waals surface area contributed by atoms with E-state index < -0.39 is 10.0 Å². The molecule has 22 heavy (non-hydrogen) atoms. The first-order valence-electron chi connectivity index (χ1n) is 6.38. The number of nitrogens with one attached hydrogen (secondary N) is 1. The van der Waals surface area contributed by atoms with Crippen LogP contribution in [-0.4, -0.2) is 22.6 Å². The Labute approximate surface area is 134 Å². The van der Waals surface area contributed by atoms with E-state index in [9.17, 15) is 8.42 Å². The number of sulfonamides is 1. The van der Waals surface area contributed by atoms with Crippen LogP contribution < -0.4 is 14.2 Å². The quantitative estimate of drug-likeness (QED) is 0.904. The third kappa shape index (κ3) is 3.45. The Kier molecular flexibility index (Phi) is 4.83. The average molecular weight is 342 g/mol. The second-order valence-electron chi connectivity index (χ2n) is 4.58. The molecule has 5 nitrogen and oxygen atoms in total. The van der Waals surface area contributed by atoms with Crippen LogP contribution in [0.3, 0.4) is 0 Å². The van der Waals surface area contributed by atoms with Crippen molar-refractivity contribution < 1.29 is 17.9 Å². The minimum Gasteiger partial charge on any atom is -0.497 e. The molecule has 0 aliphatic rings. The zero-order valence-electron chi connectivity index (χ0n) is 12.4. The monoisotopic (exact) mass is 341 g/mol. The SMILES string of the molecule is COc1ccc(NS(=O)(=O)c2ccc(Cl)c(C)c2)c(OC)c1. The molecule has 0 saturated carbocycles. The molecule has 7 heteroatoms. The van der Waals surface area contributed by atoms with Crippen LogP contribution in [-0.2, 0) is 10.0 Å². The molecule has 0 aromatic heterocycles. The summed E-state index contributed by atoms with van der Waals surface area (Å²) >= 11 is 5.92. The summed E-state index contributed by atoms with van der Waals surface area (Å²) in [6, 6.07) is 9.35. The summed E-state index contributed by atoms with van der Waals surface area (Å²) in [5.74, 6) is 0.941. The number of hydrogen-bond acceptors (Lipinski definition) is 4. The first-order valence-corrected chi connectivity index (χ1v) is 8.24. The number of ether oxygens (including phenoxy) is 2. The summed E-state index contributed by atoms with van der Waals surface area (Å²) in [4.78, 5) is 0.132. The number of rotatable bonds is 5. The van der Waals surface area contributed by atoms with Crippen LogP contribution >= 0.6 is 11.6 Å². The maximum atomic E-state index is 12.4. The molecular weight excluding hydrogens is 326 g/mol. The maximum absolute atomic E-state index is 12.4. The van der Waals surface area contributed by atoms with Gasteiger partial charge in [-0.25, -0.2) is 8.42 Å². The number of benzene rings is 2. The molecule has 2 aromatic carbocycles. The summed E-state index contributed by atoms with van der Waals surface area (Å²) < 4.78 is 37.7. The number of halogens is 1. The second kappa shape index (κ2) is 6.46. The van der Waals surface area contributed by atoms with Crippen LogP contribution in [0.4, 0.5) is 5.69 Å². The smallest absolute Gasteiger partial charge is 0.262 e. The number of methoxy groups -OCH3 is 2. The molecule has 0 spiro atoms. The lowest BCUT2D eigenvalue weighted by Crippen LogP contribution is -2.13. The average Bonchev–Trinajstić information content (AvgIpc) is 2.50. The predicted octanol–water partition coefficient (Wildman–Crippen LogP) is 3.47. The molecule has 2 aromatic rings. The van der Waals surface area contributed by atoms with Gasteiger partial charge in [-0.15, -0.1) is 0 Å². The van der Waals surface area contributed by atoms with Gasteiger partial charge in [0.05, 0.1) is 24.8 Å². The molecule has 1 N–H and O–H groups in total. The van der Waals surface area contributed by atoms with Crippen molar-refractivity contribution in [2.45, 2.75) is 11.8 Å². The molecule has 0 aliphatic heterocycles. The van der Waals surface area contributed by atoms with Crippen molar-refractivity contribution >= 4 is 27.3 Å². The largest absolute Gasteiger partial charge is 0.497 e. The molecule has 2 rings (SSSR count). The van der Waals surface area contributed by atoms with Gasteiger partial charge >= 0.3 is 0 Å². The lowest BCUT2D eigenvalue weighted by Gasteiger charge is -2.13. The summed E-state index contributed by atoms with van der Waals surface area (Å²) in [5, 5.41) is 0.515. The van der Waals surface area contributed by atoms with Crippen molar-refractivity contribution in [3.8, 4) is 11.5 Å². The van der Waals surface area contributed by atoms with E-state index in [4.69, 9.17) is 21.1 Å². The Morgan fingerprint density at radius 1 is 1.05 bits per heavy atom. The highest BCUT2D eigenvalue weighted by molar-refractivity contribution is 7.92. The van der Waals surface area contributed by atoms with Gasteiger partial charge in [0.1, 0.15) is 11.5 Å². The lowest BCUT2D eigenvalue weighted by atomic mass is 10.2. The van der Waals surface area contributed by atoms with Gasteiger partial charge in [0, 0.05) is 11.1 Å². The van der Waals surface area contributed by atoms with Crippen molar-refractivity contribution in [1.29, 1.82) is 0 Å². The van der Waals surface area contributed by atoms with Crippen molar-refractivity contribution in [1.82, 2.24) is 0 Å². The number of anilines is 1. The Hall–Kier alpha value is -1.92. The molecule has 0 atom stereocenters. The Bertz CT molecular complexity index is 790. The van der Waals surface area contributed by atoms with E-state index in [-0.39, 0.29) is 4.90 Å². The van der Waals surface area contributed by atoms with Gasteiger partial charge in [-0.2, -0.15) is 0 Å². The first kappa shape index (κ1) is 16.5. The van der Waals surface area contributed by atoms with E-state index in [1.165, 1.54) is 26.4 Å². The highest BCUT2D eigenvalue weighted by Crippen LogP contribution is 2.31. The first-order chi connectivity index (χ1) is 10.4. The van der Waals surface area contributed by atoms with Crippen molar-refractivity contribution in [2.24, 2.45) is 0 Å². The highest BCUT2D eigenvalue weighted by Gasteiger charge is 2.17. The van der Waals surface area contributed by atoms with Gasteiger partial charge in [-0.05, 0) is 42.8 Å². The summed E-state index contributed by atoms with van der Waals surface area (Å²) in [5.41, 5.74) is 1.02. The Morgan fingerprint density at radius 3 is 2.36 bits per heavy atom. The molecule has 0 amide bonds. The topological polar surface area (TPSA) is 64.6 Å². The summed E-state index contributed by atoms with van der Waals surface area (Å²) in [7, 11) is -0.754. The van der Waals surface area contributed by atoms with Crippen LogP contribution in [0.25, 0.3) is 0 Å². The standard InChI is InChI=1S/C15H16ClNO4S/c1-10-8-12(5-6-13(10)16)22(18,19)17-14-7-4-11(20-2)9-15(14)21-3/h4-9,17H,1-3H3. The Balaban J connectivity index is 2.38. The molecule has 0 radical (unpaired) electrons. The van der Waals surface area contributed by atoms with E-state index in [1.807, 2.05) is 0 Å². The zero-order chi connectivity index (χ0) is 16.3. The third-order valence-corrected chi connectivity index (χ3v) is 4.88. The lowest BCUT2D eigenvalue weighted by molar-refractivity contribution is 0.395. The minimum atomic E-state index is -3.73. The molecule has 0 fully saturated rings. The second-order valence-corrected chi connectivity index (χ2v) is 6.67. The van der Waals surface area contributed by atoms with Gasteiger partial charge in [0.25, 0.3) is 10.0 Å². The van der Waals surface area contributed by atoms with Crippen molar-refractivity contribution in [3.05, 3.63) is 47.0 Å². The molecule has 0 bridgehead atoms. The molecule has 0 heterocycles. The summed E-state index contributed by atoms with van der Waals surface area (Å²) in [6.45, 7) is 1.75.